The molecule has 2 fully saturated rings. The minimum Gasteiger partial charge on any atom is -0.465 e. The Morgan fingerprint density at radius 3 is 2.28 bits per heavy atom. The highest BCUT2D eigenvalue weighted by molar-refractivity contribution is 6.63. The molecule has 1 aromatic rings. The Labute approximate surface area is 150 Å². The van der Waals surface area contributed by atoms with E-state index in [1.807, 2.05) is 39.8 Å². The maximum atomic E-state index is 12.4. The molecule has 5 nitrogen and oxygen atoms in total. The molecule has 2 saturated heterocycles. The van der Waals surface area contributed by atoms with Gasteiger partial charge in [0, 0.05) is 13.2 Å². The number of benzene rings is 1. The van der Waals surface area contributed by atoms with Crippen LogP contribution in [-0.4, -0.2) is 44.6 Å². The fraction of sp³-hybridized carbons (Fsp3) is 0.632. The summed E-state index contributed by atoms with van der Waals surface area (Å²) >= 11 is 0. The van der Waals surface area contributed by atoms with Gasteiger partial charge in [0.05, 0.1) is 23.9 Å². The van der Waals surface area contributed by atoms with Crippen molar-refractivity contribution in [1.29, 1.82) is 0 Å². The molecule has 0 amide bonds. The lowest BCUT2D eigenvalue weighted by Gasteiger charge is -2.32. The number of carbonyl (C=O) groups excluding carboxylic acids is 1. The van der Waals surface area contributed by atoms with Gasteiger partial charge in [-0.3, -0.25) is 0 Å². The summed E-state index contributed by atoms with van der Waals surface area (Å²) in [5, 5.41) is 0. The molecule has 0 saturated carbocycles. The summed E-state index contributed by atoms with van der Waals surface area (Å²) in [6.07, 6.45) is 1.94. The molecule has 6 heteroatoms. The van der Waals surface area contributed by atoms with Crippen LogP contribution in [0, 0.1) is 0 Å². The maximum absolute atomic E-state index is 12.4. The standard InChI is InChI=1S/C19H27BO5/c1-18(2)19(3,4)25-20(24-18)16-7-6-14(12-15(16)17(21)22-5)13-8-10-23-11-9-13/h6-7,12-13H,8-11H2,1-5H3. The molecule has 0 aliphatic carbocycles. The fourth-order valence-electron chi connectivity index (χ4n) is 3.32. The number of carbonyl (C=O) groups is 1. The van der Waals surface area contributed by atoms with Gasteiger partial charge < -0.3 is 18.8 Å². The summed E-state index contributed by atoms with van der Waals surface area (Å²) in [6.45, 7) is 9.53. The van der Waals surface area contributed by atoms with E-state index in [0.29, 0.717) is 11.5 Å². The van der Waals surface area contributed by atoms with Gasteiger partial charge in [-0.25, -0.2) is 4.79 Å². The SMILES string of the molecule is COC(=O)c1cc(C2CCOCC2)ccc1B1OC(C)(C)C(C)(C)O1. The maximum Gasteiger partial charge on any atom is 0.495 e. The second-order valence-corrected chi connectivity index (χ2v) is 7.81. The summed E-state index contributed by atoms with van der Waals surface area (Å²) in [5.74, 6) is 0.0446. The molecule has 25 heavy (non-hydrogen) atoms. The minimum atomic E-state index is -0.581. The average Bonchev–Trinajstić information content (AvgIpc) is 2.82. The van der Waals surface area contributed by atoms with E-state index in [0.717, 1.165) is 37.1 Å². The van der Waals surface area contributed by atoms with E-state index in [9.17, 15) is 4.79 Å². The molecule has 0 unspecified atom stereocenters. The summed E-state index contributed by atoms with van der Waals surface area (Å²) in [4.78, 5) is 12.4. The van der Waals surface area contributed by atoms with Crippen LogP contribution in [-0.2, 0) is 18.8 Å². The lowest BCUT2D eigenvalue weighted by Crippen LogP contribution is -2.41. The van der Waals surface area contributed by atoms with Gasteiger partial charge in [-0.2, -0.15) is 0 Å². The van der Waals surface area contributed by atoms with Gasteiger partial charge in [-0.05, 0) is 63.5 Å². The first kappa shape index (κ1) is 18.4. The summed E-state index contributed by atoms with van der Waals surface area (Å²) in [6, 6.07) is 5.95. The summed E-state index contributed by atoms with van der Waals surface area (Å²) in [5.41, 5.74) is 1.48. The van der Waals surface area contributed by atoms with Crippen LogP contribution in [0.1, 0.15) is 62.4 Å². The molecule has 0 aromatic heterocycles. The minimum absolute atomic E-state index is 0.362. The lowest BCUT2D eigenvalue weighted by molar-refractivity contribution is 0.00578. The van der Waals surface area contributed by atoms with Crippen LogP contribution in [0.4, 0.5) is 0 Å². The zero-order valence-corrected chi connectivity index (χ0v) is 15.8. The Hall–Kier alpha value is -1.37. The van der Waals surface area contributed by atoms with Gasteiger partial charge in [-0.1, -0.05) is 12.1 Å². The van der Waals surface area contributed by atoms with Crippen molar-refractivity contribution in [1.82, 2.24) is 0 Å². The van der Waals surface area contributed by atoms with Crippen molar-refractivity contribution < 1.29 is 23.6 Å². The largest absolute Gasteiger partial charge is 0.495 e. The van der Waals surface area contributed by atoms with Crippen LogP contribution in [0.15, 0.2) is 18.2 Å². The smallest absolute Gasteiger partial charge is 0.465 e. The van der Waals surface area contributed by atoms with Gasteiger partial charge in [0.1, 0.15) is 0 Å². The third-order valence-electron chi connectivity index (χ3n) is 5.68. The Bertz CT molecular complexity index is 633. The van der Waals surface area contributed by atoms with Crippen LogP contribution in [0.2, 0.25) is 0 Å². The van der Waals surface area contributed by atoms with Crippen molar-refractivity contribution in [3.63, 3.8) is 0 Å². The van der Waals surface area contributed by atoms with E-state index in [1.165, 1.54) is 7.11 Å². The predicted octanol–water partition coefficient (Wildman–Crippen LogP) is 2.67. The van der Waals surface area contributed by atoms with Gasteiger partial charge in [-0.15, -0.1) is 0 Å². The number of esters is 1. The second-order valence-electron chi connectivity index (χ2n) is 7.81. The predicted molar refractivity (Wildman–Crippen MR) is 96.3 cm³/mol. The van der Waals surface area contributed by atoms with Crippen molar-refractivity contribution in [2.75, 3.05) is 20.3 Å². The molecular weight excluding hydrogens is 319 g/mol. The lowest BCUT2D eigenvalue weighted by atomic mass is 9.74. The molecular formula is C19H27BO5. The molecule has 2 aliphatic heterocycles. The quantitative estimate of drug-likeness (QED) is 0.622. The number of ether oxygens (including phenoxy) is 2. The first-order valence-corrected chi connectivity index (χ1v) is 8.91. The first-order valence-electron chi connectivity index (χ1n) is 8.91. The van der Waals surface area contributed by atoms with Crippen molar-refractivity contribution >= 4 is 18.6 Å². The third kappa shape index (κ3) is 3.48. The van der Waals surface area contributed by atoms with E-state index in [-0.39, 0.29) is 5.97 Å². The third-order valence-corrected chi connectivity index (χ3v) is 5.68. The molecule has 0 spiro atoms. The monoisotopic (exact) mass is 346 g/mol. The van der Waals surface area contributed by atoms with E-state index in [4.69, 9.17) is 18.8 Å². The van der Waals surface area contributed by atoms with Crippen molar-refractivity contribution in [3.8, 4) is 0 Å². The second kappa shape index (κ2) is 6.74. The van der Waals surface area contributed by atoms with Crippen molar-refractivity contribution in [3.05, 3.63) is 29.3 Å². The molecule has 0 bridgehead atoms. The van der Waals surface area contributed by atoms with E-state index in [1.54, 1.807) is 0 Å². The molecule has 0 atom stereocenters. The van der Waals surface area contributed by atoms with Crippen LogP contribution in [0.3, 0.4) is 0 Å². The summed E-state index contributed by atoms with van der Waals surface area (Å²) < 4.78 is 22.7. The van der Waals surface area contributed by atoms with Gasteiger partial charge in [0.2, 0.25) is 0 Å². The van der Waals surface area contributed by atoms with Crippen LogP contribution in [0.25, 0.3) is 0 Å². The van der Waals surface area contributed by atoms with Crippen LogP contribution in [0.5, 0.6) is 0 Å². The Morgan fingerprint density at radius 2 is 1.72 bits per heavy atom. The fourth-order valence-corrected chi connectivity index (χ4v) is 3.32. The topological polar surface area (TPSA) is 54.0 Å². The zero-order chi connectivity index (χ0) is 18.2. The van der Waals surface area contributed by atoms with Crippen molar-refractivity contribution in [2.24, 2.45) is 0 Å². The van der Waals surface area contributed by atoms with Crippen molar-refractivity contribution in [2.45, 2.75) is 57.7 Å². The number of hydrogen-bond donors (Lipinski definition) is 0. The normalized spacial score (nSPS) is 22.8. The highest BCUT2D eigenvalue weighted by Crippen LogP contribution is 2.37. The Morgan fingerprint density at radius 1 is 1.12 bits per heavy atom. The Kier molecular flexibility index (Phi) is 4.97. The van der Waals surface area contributed by atoms with E-state index in [2.05, 4.69) is 6.07 Å². The molecule has 136 valence electrons. The molecule has 2 aliphatic rings. The van der Waals surface area contributed by atoms with Gasteiger partial charge in [0.15, 0.2) is 0 Å². The number of hydrogen-bond acceptors (Lipinski definition) is 5. The van der Waals surface area contributed by atoms with Crippen LogP contribution < -0.4 is 5.46 Å². The summed E-state index contributed by atoms with van der Waals surface area (Å²) in [7, 11) is 0.820. The first-order chi connectivity index (χ1) is 11.7. The van der Waals surface area contributed by atoms with E-state index < -0.39 is 18.3 Å². The van der Waals surface area contributed by atoms with Gasteiger partial charge in [0.25, 0.3) is 0 Å². The Balaban J connectivity index is 1.95. The number of rotatable bonds is 3. The molecule has 1 aromatic carbocycles. The highest BCUT2D eigenvalue weighted by atomic mass is 16.7. The average molecular weight is 346 g/mol. The van der Waals surface area contributed by atoms with E-state index >= 15 is 0 Å². The number of methoxy groups -OCH3 is 1. The van der Waals surface area contributed by atoms with Gasteiger partial charge >= 0.3 is 13.1 Å². The zero-order valence-electron chi connectivity index (χ0n) is 15.8. The molecule has 3 rings (SSSR count). The van der Waals surface area contributed by atoms with Crippen LogP contribution >= 0.6 is 0 Å². The molecule has 2 heterocycles. The molecule has 0 radical (unpaired) electrons. The molecule has 0 N–H and O–H groups in total. The highest BCUT2D eigenvalue weighted by Gasteiger charge is 2.52.